The molecule has 1 amide bonds. The summed E-state index contributed by atoms with van der Waals surface area (Å²) in [6.07, 6.45) is -2.20. The third-order valence-electron chi connectivity index (χ3n) is 4.32. The van der Waals surface area contributed by atoms with Crippen LogP contribution in [0, 0.1) is 42.7 Å². The number of benzene rings is 1. The van der Waals surface area contributed by atoms with Crippen molar-refractivity contribution in [2.75, 3.05) is 25.8 Å². The molecule has 182 valence electrons. The van der Waals surface area contributed by atoms with Crippen molar-refractivity contribution in [1.82, 2.24) is 4.98 Å². The van der Waals surface area contributed by atoms with Gasteiger partial charge in [-0.25, -0.2) is 4.39 Å². The van der Waals surface area contributed by atoms with Gasteiger partial charge >= 0.3 is 6.18 Å². The number of aromatic nitrogens is 1. The van der Waals surface area contributed by atoms with Gasteiger partial charge in [0.05, 0.1) is 12.8 Å². The largest absolute Gasteiger partial charge is 0.494 e. The van der Waals surface area contributed by atoms with Gasteiger partial charge in [-0.2, -0.15) is 17.6 Å². The first-order valence-corrected chi connectivity index (χ1v) is 9.19. The van der Waals surface area contributed by atoms with E-state index in [4.69, 9.17) is 10.9 Å². The van der Waals surface area contributed by atoms with Gasteiger partial charge in [0.2, 0.25) is 5.82 Å². The van der Waals surface area contributed by atoms with Crippen molar-refractivity contribution in [2.45, 2.75) is 31.5 Å². The second-order valence-corrected chi connectivity index (χ2v) is 6.72. The topological polar surface area (TPSA) is 97.9 Å². The zero-order chi connectivity index (χ0) is 24.5. The number of hydrogen-bond acceptors (Lipinski definition) is 6. The zero-order valence-corrected chi connectivity index (χ0v) is 22.3. The van der Waals surface area contributed by atoms with E-state index in [9.17, 15) is 26.7 Å². The molecule has 2 heterocycles. The summed E-state index contributed by atoms with van der Waals surface area (Å²) in [4.78, 5) is 14.3. The molecule has 1 aliphatic heterocycles. The summed E-state index contributed by atoms with van der Waals surface area (Å²) in [5.74, 6) is -2.51. The Morgan fingerprint density at radius 2 is 1.94 bits per heavy atom. The second kappa shape index (κ2) is 13.7. The van der Waals surface area contributed by atoms with Crippen LogP contribution in [0.3, 0.4) is 0 Å². The molecular weight excluding hydrogens is 679 g/mol. The van der Waals surface area contributed by atoms with Crippen molar-refractivity contribution in [1.29, 1.82) is 0 Å². The number of carbonyl (C=O) groups excluding carboxylic acids is 1. The monoisotopic (exact) mass is 703 g/mol. The molecule has 0 spiro atoms. The van der Waals surface area contributed by atoms with Gasteiger partial charge in [-0.15, -0.1) is 0 Å². The van der Waals surface area contributed by atoms with E-state index in [-0.39, 0.29) is 55.6 Å². The molecule has 1 aromatic heterocycles. The molecule has 1 atom stereocenters. The summed E-state index contributed by atoms with van der Waals surface area (Å²) >= 11 is 0. The van der Waals surface area contributed by atoms with Gasteiger partial charge in [0.25, 0.3) is 5.91 Å². The number of ether oxygens (including phenoxy) is 2. The number of pyridine rings is 1. The Bertz CT molecular complexity index is 894. The summed E-state index contributed by atoms with van der Waals surface area (Å²) in [6.45, 7) is 1.33. The molecule has 1 aliphatic rings. The standard InChI is InChI=1S/C7H6F2O.C7H9N3O2.C6H9F3O.U/c1-10-6-4-2-3-5(8)7(6)9;1-10(12)5-2-3-9-6(4-5)7(8)11;1-5(6(7,8)9)3-2-4-10-5;/h2-4H,1H3;2-4,12H,1H3,(H2,8,11);2-4H2,1H3;/t;;5-;/m..0./s1. The number of hydroxylamine groups is 1. The van der Waals surface area contributed by atoms with E-state index in [2.05, 4.69) is 14.5 Å². The van der Waals surface area contributed by atoms with E-state index < -0.39 is 29.3 Å². The molecule has 1 aromatic carbocycles. The fourth-order valence-electron chi connectivity index (χ4n) is 2.40. The molecule has 7 nitrogen and oxygen atoms in total. The first-order valence-electron chi connectivity index (χ1n) is 9.19. The predicted molar refractivity (Wildman–Crippen MR) is 106 cm³/mol. The quantitative estimate of drug-likeness (QED) is 0.370. The number of nitrogens with zero attached hydrogens (tertiary/aromatic N) is 2. The van der Waals surface area contributed by atoms with Crippen LogP contribution in [0.1, 0.15) is 30.3 Å². The number of alkyl halides is 3. The van der Waals surface area contributed by atoms with Gasteiger partial charge < -0.3 is 15.2 Å². The van der Waals surface area contributed by atoms with E-state index in [0.29, 0.717) is 12.1 Å². The smallest absolute Gasteiger partial charge is 0.417 e. The Labute approximate surface area is 211 Å². The Morgan fingerprint density at radius 1 is 1.30 bits per heavy atom. The summed E-state index contributed by atoms with van der Waals surface area (Å²) in [5.41, 5.74) is 3.72. The Morgan fingerprint density at radius 3 is 2.33 bits per heavy atom. The van der Waals surface area contributed by atoms with E-state index >= 15 is 0 Å². The molecule has 0 unspecified atom stereocenters. The number of primary amides is 1. The molecule has 33 heavy (non-hydrogen) atoms. The van der Waals surface area contributed by atoms with Crippen molar-refractivity contribution >= 4 is 11.6 Å². The van der Waals surface area contributed by atoms with Crippen molar-refractivity contribution < 1.29 is 72.5 Å². The van der Waals surface area contributed by atoms with Gasteiger partial charge in [-0.1, -0.05) is 6.07 Å². The molecule has 0 radical (unpaired) electrons. The third-order valence-corrected chi connectivity index (χ3v) is 4.32. The first kappa shape index (κ1) is 31.1. The summed E-state index contributed by atoms with van der Waals surface area (Å²) < 4.78 is 70.0. The second-order valence-electron chi connectivity index (χ2n) is 6.72. The maximum absolute atomic E-state index is 12.5. The molecular formula is C20H24F5N3O4U. The van der Waals surface area contributed by atoms with Gasteiger partial charge in [0.15, 0.2) is 17.2 Å². The van der Waals surface area contributed by atoms with Crippen molar-refractivity contribution in [3.63, 3.8) is 0 Å². The predicted octanol–water partition coefficient (Wildman–Crippen LogP) is 4.10. The molecule has 3 N–H and O–H groups in total. The van der Waals surface area contributed by atoms with Gasteiger partial charge in [0.1, 0.15) is 5.69 Å². The molecule has 0 aliphatic carbocycles. The third kappa shape index (κ3) is 9.45. The molecule has 1 fully saturated rings. The van der Waals surface area contributed by atoms with Crippen LogP contribution >= 0.6 is 0 Å². The van der Waals surface area contributed by atoms with Crippen molar-refractivity contribution in [3.05, 3.63) is 53.9 Å². The van der Waals surface area contributed by atoms with Crippen LogP contribution in [-0.4, -0.2) is 48.6 Å². The SMILES string of the molecule is CN(O)c1ccnc(C(N)=O)c1.COc1cccc(F)c1F.C[C@@]1(C(F)(F)F)CCCO1.[U]. The van der Waals surface area contributed by atoms with E-state index in [1.54, 1.807) is 6.07 Å². The van der Waals surface area contributed by atoms with Crippen LogP contribution in [0.5, 0.6) is 5.75 Å². The van der Waals surface area contributed by atoms with E-state index in [1.807, 2.05) is 0 Å². The summed E-state index contributed by atoms with van der Waals surface area (Å²) in [5, 5.41) is 9.87. The first-order chi connectivity index (χ1) is 14.8. The minimum Gasteiger partial charge on any atom is -0.494 e. The number of rotatable bonds is 3. The Balaban J connectivity index is 0.000000461. The molecule has 13 heteroatoms. The zero-order valence-electron chi connectivity index (χ0n) is 18.1. The Hall–Kier alpha value is -1.94. The van der Waals surface area contributed by atoms with Crippen LogP contribution < -0.4 is 15.5 Å². The van der Waals surface area contributed by atoms with Crippen molar-refractivity contribution in [2.24, 2.45) is 5.73 Å². The fourth-order valence-corrected chi connectivity index (χ4v) is 2.40. The normalized spacial score (nSPS) is 16.9. The summed E-state index contributed by atoms with van der Waals surface area (Å²) in [6, 6.07) is 6.75. The maximum Gasteiger partial charge on any atom is 0.417 e. The van der Waals surface area contributed by atoms with Crippen LogP contribution in [0.2, 0.25) is 0 Å². The molecule has 0 saturated carbocycles. The minimum absolute atomic E-state index is 0. The number of halogens is 5. The van der Waals surface area contributed by atoms with Gasteiger partial charge in [-0.3, -0.25) is 20.0 Å². The summed E-state index contributed by atoms with van der Waals surface area (Å²) in [7, 11) is 2.73. The fraction of sp³-hybridized carbons (Fsp3) is 0.400. The minimum atomic E-state index is -4.20. The average molecular weight is 703 g/mol. The molecule has 2 aromatic rings. The molecule has 1 saturated heterocycles. The van der Waals surface area contributed by atoms with Crippen LogP contribution in [-0.2, 0) is 4.74 Å². The molecule has 3 rings (SSSR count). The number of nitrogens with two attached hydrogens (primary N) is 1. The van der Waals surface area contributed by atoms with Gasteiger partial charge in [0, 0.05) is 51.0 Å². The van der Waals surface area contributed by atoms with E-state index in [0.717, 1.165) is 18.1 Å². The number of hydrogen-bond donors (Lipinski definition) is 2. The van der Waals surface area contributed by atoms with Crippen LogP contribution in [0.25, 0.3) is 0 Å². The Kier molecular flexibility index (Phi) is 12.9. The molecule has 0 bridgehead atoms. The van der Waals surface area contributed by atoms with E-state index in [1.165, 1.54) is 38.6 Å². The number of methoxy groups -OCH3 is 1. The number of carbonyl (C=O) groups is 1. The van der Waals surface area contributed by atoms with Gasteiger partial charge in [-0.05, 0) is 44.0 Å². The van der Waals surface area contributed by atoms with Crippen molar-refractivity contribution in [3.8, 4) is 5.75 Å². The number of anilines is 1. The van der Waals surface area contributed by atoms with Crippen LogP contribution in [0.4, 0.5) is 27.6 Å². The number of amides is 1. The van der Waals surface area contributed by atoms with Crippen LogP contribution in [0.15, 0.2) is 36.5 Å². The average Bonchev–Trinajstić information content (AvgIpc) is 3.19. The maximum atomic E-state index is 12.5.